The maximum Gasteiger partial charge on any atom is 0.262 e. The molecule has 2 rings (SSSR count). The molecule has 0 bridgehead atoms. The minimum Gasteiger partial charge on any atom is -0.371 e. The van der Waals surface area contributed by atoms with E-state index >= 15 is 0 Å². The Bertz CT molecular complexity index is 722. The number of sulfonamides is 1. The van der Waals surface area contributed by atoms with E-state index in [1.54, 1.807) is 29.8 Å². The highest BCUT2D eigenvalue weighted by Gasteiger charge is 2.30. The summed E-state index contributed by atoms with van der Waals surface area (Å²) in [6.07, 6.45) is 1.72. The van der Waals surface area contributed by atoms with Crippen molar-refractivity contribution in [2.24, 2.45) is 5.92 Å². The Labute approximate surface area is 125 Å². The van der Waals surface area contributed by atoms with Crippen LogP contribution in [0.1, 0.15) is 20.8 Å². The molecule has 0 unspecified atom stereocenters. The quantitative estimate of drug-likeness (QED) is 0.886. The molecule has 2 aromatic rings. The third-order valence-electron chi connectivity index (χ3n) is 3.23. The average molecular weight is 310 g/mol. The van der Waals surface area contributed by atoms with Gasteiger partial charge in [0.05, 0.1) is 0 Å². The summed E-state index contributed by atoms with van der Waals surface area (Å²) in [7, 11) is -1.92. The predicted molar refractivity (Wildman–Crippen MR) is 84.0 cm³/mol. The Balaban J connectivity index is 2.63. The van der Waals surface area contributed by atoms with Gasteiger partial charge in [-0.2, -0.15) is 4.31 Å². The molecule has 1 N–H and O–H groups in total. The summed E-state index contributed by atoms with van der Waals surface area (Å²) in [4.78, 5) is 4.34. The molecule has 0 saturated heterocycles. The highest BCUT2D eigenvalue weighted by atomic mass is 32.2. The van der Waals surface area contributed by atoms with Crippen molar-refractivity contribution in [3.05, 3.63) is 24.4 Å². The van der Waals surface area contributed by atoms with Gasteiger partial charge in [-0.05, 0) is 18.1 Å². The molecule has 0 fully saturated rings. The third-order valence-corrected chi connectivity index (χ3v) is 5.19. The smallest absolute Gasteiger partial charge is 0.262 e. The van der Waals surface area contributed by atoms with Crippen LogP contribution in [0.2, 0.25) is 0 Å². The molecule has 0 spiro atoms. The second kappa shape index (κ2) is 6.03. The van der Waals surface area contributed by atoms with Gasteiger partial charge in [-0.15, -0.1) is 0 Å². The van der Waals surface area contributed by atoms with Gasteiger partial charge in [0.2, 0.25) is 0 Å². The normalized spacial score (nSPS) is 12.5. The van der Waals surface area contributed by atoms with E-state index < -0.39 is 10.0 Å². The van der Waals surface area contributed by atoms with E-state index in [0.29, 0.717) is 24.6 Å². The van der Waals surface area contributed by atoms with E-state index in [0.717, 1.165) is 0 Å². The van der Waals surface area contributed by atoms with Crippen molar-refractivity contribution in [1.29, 1.82) is 0 Å². The fraction of sp³-hybridized carbons (Fsp3) is 0.500. The Morgan fingerprint density at radius 1 is 1.38 bits per heavy atom. The van der Waals surface area contributed by atoms with Crippen molar-refractivity contribution in [3.63, 3.8) is 0 Å². The molecule has 7 heteroatoms. The van der Waals surface area contributed by atoms with Crippen LogP contribution in [0.4, 0.5) is 5.82 Å². The van der Waals surface area contributed by atoms with E-state index in [4.69, 9.17) is 0 Å². The Morgan fingerprint density at radius 2 is 2.10 bits per heavy atom. The van der Waals surface area contributed by atoms with Crippen LogP contribution in [0.25, 0.3) is 5.65 Å². The van der Waals surface area contributed by atoms with Crippen LogP contribution < -0.4 is 5.32 Å². The number of hydrogen-bond donors (Lipinski definition) is 1. The molecule has 2 aromatic heterocycles. The first-order valence-corrected chi connectivity index (χ1v) is 8.50. The molecule has 116 valence electrons. The van der Waals surface area contributed by atoms with E-state index in [2.05, 4.69) is 10.3 Å². The zero-order valence-corrected chi connectivity index (χ0v) is 13.7. The molecule has 0 aliphatic carbocycles. The van der Waals surface area contributed by atoms with E-state index in [1.165, 1.54) is 4.31 Å². The van der Waals surface area contributed by atoms with Gasteiger partial charge in [-0.1, -0.05) is 26.8 Å². The lowest BCUT2D eigenvalue weighted by Gasteiger charge is -2.22. The molecule has 0 amide bonds. The molecule has 6 nitrogen and oxygen atoms in total. The monoisotopic (exact) mass is 310 g/mol. The van der Waals surface area contributed by atoms with E-state index in [-0.39, 0.29) is 10.9 Å². The second-order valence-corrected chi connectivity index (χ2v) is 7.15. The minimum absolute atomic E-state index is 0.197. The van der Waals surface area contributed by atoms with E-state index in [1.807, 2.05) is 26.8 Å². The highest BCUT2D eigenvalue weighted by Crippen LogP contribution is 2.26. The van der Waals surface area contributed by atoms with Gasteiger partial charge in [0.15, 0.2) is 10.8 Å². The van der Waals surface area contributed by atoms with Crippen LogP contribution in [-0.4, -0.2) is 42.2 Å². The molecular formula is C14H22N4O2S. The fourth-order valence-electron chi connectivity index (χ4n) is 2.31. The lowest BCUT2D eigenvalue weighted by atomic mass is 10.2. The minimum atomic E-state index is -3.60. The van der Waals surface area contributed by atoms with Crippen LogP contribution >= 0.6 is 0 Å². The first-order chi connectivity index (χ1) is 9.91. The standard InChI is InChI=1S/C14H22N4O2S/c1-5-17(10-11(2)3)21(19,20)14-13(15-4)16-12-8-6-7-9-18(12)14/h6-9,11,15H,5,10H2,1-4H3. The second-order valence-electron chi connectivity index (χ2n) is 5.29. The van der Waals surface area contributed by atoms with Crippen LogP contribution in [0, 0.1) is 5.92 Å². The molecular weight excluding hydrogens is 288 g/mol. The summed E-state index contributed by atoms with van der Waals surface area (Å²) in [6, 6.07) is 5.42. The summed E-state index contributed by atoms with van der Waals surface area (Å²) >= 11 is 0. The summed E-state index contributed by atoms with van der Waals surface area (Å²) in [6.45, 7) is 6.78. The highest BCUT2D eigenvalue weighted by molar-refractivity contribution is 7.89. The van der Waals surface area contributed by atoms with Gasteiger partial charge in [0.1, 0.15) is 5.65 Å². The third kappa shape index (κ3) is 2.89. The maximum absolute atomic E-state index is 13.0. The summed E-state index contributed by atoms with van der Waals surface area (Å²) in [5.41, 5.74) is 0.612. The van der Waals surface area contributed by atoms with Crippen molar-refractivity contribution in [3.8, 4) is 0 Å². The molecule has 0 aliphatic rings. The molecule has 0 saturated carbocycles. The Hall–Kier alpha value is -1.60. The number of aromatic nitrogens is 2. The Kier molecular flexibility index (Phi) is 4.53. The number of fused-ring (bicyclic) bond motifs is 1. The number of pyridine rings is 1. The first kappa shape index (κ1) is 15.8. The van der Waals surface area contributed by atoms with Gasteiger partial charge in [-0.25, -0.2) is 13.4 Å². The number of nitrogens with zero attached hydrogens (tertiary/aromatic N) is 3. The van der Waals surface area contributed by atoms with Crippen molar-refractivity contribution in [2.45, 2.75) is 25.8 Å². The SMILES string of the molecule is CCN(CC(C)C)S(=O)(=O)c1c(NC)nc2ccccn12. The lowest BCUT2D eigenvalue weighted by molar-refractivity contribution is 0.379. The zero-order chi connectivity index (χ0) is 15.6. The van der Waals surface area contributed by atoms with Gasteiger partial charge >= 0.3 is 0 Å². The molecule has 0 atom stereocenters. The van der Waals surface area contributed by atoms with Crippen LogP contribution in [0.15, 0.2) is 29.4 Å². The van der Waals surface area contributed by atoms with Crippen molar-refractivity contribution >= 4 is 21.5 Å². The number of imidazole rings is 1. The summed E-state index contributed by atoms with van der Waals surface area (Å²) < 4.78 is 29.1. The predicted octanol–water partition coefficient (Wildman–Crippen LogP) is 2.04. The maximum atomic E-state index is 13.0. The number of nitrogens with one attached hydrogen (secondary N) is 1. The van der Waals surface area contributed by atoms with E-state index in [9.17, 15) is 8.42 Å². The first-order valence-electron chi connectivity index (χ1n) is 7.06. The van der Waals surface area contributed by atoms with Gasteiger partial charge in [-0.3, -0.25) is 4.40 Å². The number of rotatable bonds is 6. The van der Waals surface area contributed by atoms with Crippen LogP contribution in [0.5, 0.6) is 0 Å². The molecule has 0 aromatic carbocycles. The molecule has 0 aliphatic heterocycles. The largest absolute Gasteiger partial charge is 0.371 e. The van der Waals surface area contributed by atoms with Crippen molar-refractivity contribution in [1.82, 2.24) is 13.7 Å². The van der Waals surface area contributed by atoms with Gasteiger partial charge < -0.3 is 5.32 Å². The van der Waals surface area contributed by atoms with Gasteiger partial charge in [0, 0.05) is 26.3 Å². The summed E-state index contributed by atoms with van der Waals surface area (Å²) in [5, 5.41) is 3.08. The zero-order valence-electron chi connectivity index (χ0n) is 12.9. The topological polar surface area (TPSA) is 66.7 Å². The average Bonchev–Trinajstić information content (AvgIpc) is 2.83. The van der Waals surface area contributed by atoms with Crippen LogP contribution in [-0.2, 0) is 10.0 Å². The number of anilines is 1. The van der Waals surface area contributed by atoms with Crippen molar-refractivity contribution in [2.75, 3.05) is 25.5 Å². The van der Waals surface area contributed by atoms with Crippen molar-refractivity contribution < 1.29 is 8.42 Å². The van der Waals surface area contributed by atoms with Crippen LogP contribution in [0.3, 0.4) is 0 Å². The Morgan fingerprint density at radius 3 is 2.67 bits per heavy atom. The molecule has 21 heavy (non-hydrogen) atoms. The molecule has 0 radical (unpaired) electrons. The summed E-state index contributed by atoms with van der Waals surface area (Å²) in [5.74, 6) is 0.639. The lowest BCUT2D eigenvalue weighted by Crippen LogP contribution is -2.35. The fourth-order valence-corrected chi connectivity index (χ4v) is 4.18. The van der Waals surface area contributed by atoms with Gasteiger partial charge in [0.25, 0.3) is 10.0 Å². The molecule has 2 heterocycles. The number of hydrogen-bond acceptors (Lipinski definition) is 4.